The van der Waals surface area contributed by atoms with Crippen LogP contribution in [0, 0.1) is 0 Å². The van der Waals surface area contributed by atoms with Gasteiger partial charge in [-0.05, 0) is 131 Å². The lowest BCUT2D eigenvalue weighted by atomic mass is 9.91. The van der Waals surface area contributed by atoms with Crippen LogP contribution in [0.2, 0.25) is 0 Å². The quantitative estimate of drug-likeness (QED) is 0.157. The molecular weight excluding hydrogens is 865 g/mol. The highest BCUT2D eigenvalue weighted by Crippen LogP contribution is 2.45. The van der Waals surface area contributed by atoms with Gasteiger partial charge in [0.05, 0.1) is 28.1 Å². The number of hydrogen-bond donors (Lipinski definition) is 0. The molecule has 0 fully saturated rings. The van der Waals surface area contributed by atoms with Gasteiger partial charge in [-0.15, -0.1) is 11.3 Å². The lowest BCUT2D eigenvalue weighted by molar-refractivity contribution is 1.16. The molecule has 0 amide bonds. The highest BCUT2D eigenvalue weighted by molar-refractivity contribution is 7.25. The van der Waals surface area contributed by atoms with Crippen LogP contribution < -0.4 is 0 Å². The number of thiophene rings is 1. The third kappa shape index (κ3) is 6.02. The van der Waals surface area contributed by atoms with Gasteiger partial charge in [0.1, 0.15) is 0 Å². The molecule has 0 aliphatic rings. The molecule has 0 saturated carbocycles. The van der Waals surface area contributed by atoms with E-state index in [1.54, 1.807) is 0 Å². The van der Waals surface area contributed by atoms with E-state index in [1.807, 2.05) is 11.3 Å². The second kappa shape index (κ2) is 15.3. The van der Waals surface area contributed by atoms with Crippen molar-refractivity contribution < 1.29 is 0 Å². The van der Waals surface area contributed by atoms with Gasteiger partial charge in [-0.25, -0.2) is 4.98 Å². The van der Waals surface area contributed by atoms with Gasteiger partial charge in [0.2, 0.25) is 0 Å². The van der Waals surface area contributed by atoms with E-state index in [9.17, 15) is 0 Å². The molecule has 3 heteroatoms. The van der Waals surface area contributed by atoms with E-state index in [0.29, 0.717) is 0 Å². The maximum atomic E-state index is 5.57. The first kappa shape index (κ1) is 39.1. The smallest absolute Gasteiger partial charge is 0.0736 e. The molecule has 0 spiro atoms. The van der Waals surface area contributed by atoms with Crippen molar-refractivity contribution in [2.45, 2.75) is 0 Å². The lowest BCUT2D eigenvalue weighted by Gasteiger charge is -2.16. The molecule has 3 aromatic heterocycles. The molecule has 0 bridgehead atoms. The van der Waals surface area contributed by atoms with Crippen molar-refractivity contribution in [1.29, 1.82) is 0 Å². The average molecular weight is 905 g/mol. The van der Waals surface area contributed by atoms with Crippen molar-refractivity contribution in [2.24, 2.45) is 0 Å². The second-order valence-corrected chi connectivity index (χ2v) is 19.7. The Labute approximate surface area is 407 Å². The predicted molar refractivity (Wildman–Crippen MR) is 301 cm³/mol. The molecule has 15 aromatic rings. The Kier molecular flexibility index (Phi) is 8.56. The van der Waals surface area contributed by atoms with E-state index in [2.05, 4.69) is 247 Å². The van der Waals surface area contributed by atoms with Crippen LogP contribution >= 0.6 is 11.3 Å². The SMILES string of the molecule is c1ccc(-c2ccc3c(c2)c2cc4c5ccccc5c5cc(-c6ccc7c(c6)sc6ccccc67)ccc5c4cc2n3-c2cc(-c3cccc4ccccc34)nc(-c3cccc4ccccc34)c2)cc1. The Balaban J connectivity index is 1.03. The van der Waals surface area contributed by atoms with E-state index in [0.717, 1.165) is 39.2 Å². The minimum Gasteiger partial charge on any atom is -0.309 e. The van der Waals surface area contributed by atoms with E-state index in [4.69, 9.17) is 4.98 Å². The van der Waals surface area contributed by atoms with Gasteiger partial charge in [0.25, 0.3) is 0 Å². The summed E-state index contributed by atoms with van der Waals surface area (Å²) in [6.07, 6.45) is 0. The third-order valence-electron chi connectivity index (χ3n) is 14.7. The largest absolute Gasteiger partial charge is 0.309 e. The molecule has 12 aromatic carbocycles. The second-order valence-electron chi connectivity index (χ2n) is 18.6. The molecule has 15 rings (SSSR count). The van der Waals surface area contributed by atoms with Gasteiger partial charge < -0.3 is 4.57 Å². The number of hydrogen-bond acceptors (Lipinski definition) is 2. The molecule has 70 heavy (non-hydrogen) atoms. The summed E-state index contributed by atoms with van der Waals surface area (Å²) in [6, 6.07) is 89.6. The molecule has 0 radical (unpaired) electrons. The Bertz CT molecular complexity index is 4540. The van der Waals surface area contributed by atoms with Gasteiger partial charge in [-0.1, -0.05) is 188 Å². The van der Waals surface area contributed by atoms with Crippen LogP contribution in [-0.2, 0) is 0 Å². The van der Waals surface area contributed by atoms with Crippen molar-refractivity contribution in [3.05, 3.63) is 243 Å². The average Bonchev–Trinajstić information content (AvgIpc) is 3.97. The van der Waals surface area contributed by atoms with E-state index in [1.165, 1.54) is 107 Å². The Morgan fingerprint density at radius 2 is 0.757 bits per heavy atom. The van der Waals surface area contributed by atoms with Crippen LogP contribution in [0.25, 0.3) is 146 Å². The minimum absolute atomic E-state index is 0.937. The maximum Gasteiger partial charge on any atom is 0.0736 e. The zero-order chi connectivity index (χ0) is 45.9. The van der Waals surface area contributed by atoms with E-state index < -0.39 is 0 Å². The van der Waals surface area contributed by atoms with Crippen molar-refractivity contribution in [3.63, 3.8) is 0 Å². The molecule has 0 saturated heterocycles. The van der Waals surface area contributed by atoms with Crippen LogP contribution in [0.15, 0.2) is 243 Å². The topological polar surface area (TPSA) is 17.8 Å². The number of pyridine rings is 1. The molecule has 324 valence electrons. The number of benzene rings is 12. The lowest BCUT2D eigenvalue weighted by Crippen LogP contribution is -1.99. The van der Waals surface area contributed by atoms with E-state index >= 15 is 0 Å². The zero-order valence-electron chi connectivity index (χ0n) is 37.9. The molecule has 3 heterocycles. The summed E-state index contributed by atoms with van der Waals surface area (Å²) in [5, 5.41) is 17.3. The van der Waals surface area contributed by atoms with E-state index in [-0.39, 0.29) is 0 Å². The normalized spacial score (nSPS) is 12.0. The van der Waals surface area contributed by atoms with Crippen LogP contribution in [0.1, 0.15) is 0 Å². The number of fused-ring (bicyclic) bond motifs is 14. The third-order valence-corrected chi connectivity index (χ3v) is 15.9. The number of aromatic nitrogens is 2. The maximum absolute atomic E-state index is 5.57. The molecule has 0 aliphatic carbocycles. The molecule has 0 aliphatic heterocycles. The first-order valence-electron chi connectivity index (χ1n) is 24.0. The van der Waals surface area contributed by atoms with Crippen LogP contribution in [0.3, 0.4) is 0 Å². The molecular formula is C67H40N2S. The predicted octanol–water partition coefficient (Wildman–Crippen LogP) is 19.0. The zero-order valence-corrected chi connectivity index (χ0v) is 38.7. The van der Waals surface area contributed by atoms with Crippen LogP contribution in [-0.4, -0.2) is 9.55 Å². The Morgan fingerprint density at radius 1 is 0.271 bits per heavy atom. The Morgan fingerprint density at radius 3 is 1.47 bits per heavy atom. The first-order chi connectivity index (χ1) is 34.7. The van der Waals surface area contributed by atoms with Crippen molar-refractivity contribution >= 4 is 107 Å². The van der Waals surface area contributed by atoms with Crippen molar-refractivity contribution in [1.82, 2.24) is 9.55 Å². The fourth-order valence-electron chi connectivity index (χ4n) is 11.5. The summed E-state index contributed by atoms with van der Waals surface area (Å²) in [5.74, 6) is 0. The summed E-state index contributed by atoms with van der Waals surface area (Å²) >= 11 is 1.87. The highest BCUT2D eigenvalue weighted by atomic mass is 32.1. The Hall–Kier alpha value is -8.89. The molecule has 2 nitrogen and oxygen atoms in total. The van der Waals surface area contributed by atoms with Crippen LogP contribution in [0.5, 0.6) is 0 Å². The molecule has 0 atom stereocenters. The van der Waals surface area contributed by atoms with Crippen molar-refractivity contribution in [3.8, 4) is 50.5 Å². The summed E-state index contributed by atoms with van der Waals surface area (Å²) in [4.78, 5) is 5.57. The molecule has 0 N–H and O–H groups in total. The van der Waals surface area contributed by atoms with Crippen LogP contribution in [0.4, 0.5) is 0 Å². The summed E-state index contributed by atoms with van der Waals surface area (Å²) < 4.78 is 5.14. The highest BCUT2D eigenvalue weighted by Gasteiger charge is 2.21. The van der Waals surface area contributed by atoms with Gasteiger partial charge in [0.15, 0.2) is 0 Å². The number of nitrogens with zero attached hydrogens (tertiary/aromatic N) is 2. The first-order valence-corrected chi connectivity index (χ1v) is 24.8. The minimum atomic E-state index is 0.937. The van der Waals surface area contributed by atoms with Gasteiger partial charge in [0, 0.05) is 42.1 Å². The summed E-state index contributed by atoms with van der Waals surface area (Å²) in [7, 11) is 0. The van der Waals surface area contributed by atoms with Gasteiger partial charge in [-0.2, -0.15) is 0 Å². The monoisotopic (exact) mass is 904 g/mol. The fourth-order valence-corrected chi connectivity index (χ4v) is 12.6. The van der Waals surface area contributed by atoms with Gasteiger partial charge >= 0.3 is 0 Å². The summed E-state index contributed by atoms with van der Waals surface area (Å²) in [6.45, 7) is 0. The summed E-state index contributed by atoms with van der Waals surface area (Å²) in [5.41, 5.74) is 12.3. The fraction of sp³-hybridized carbons (Fsp3) is 0. The number of rotatable bonds is 5. The van der Waals surface area contributed by atoms with Gasteiger partial charge in [-0.3, -0.25) is 0 Å². The van der Waals surface area contributed by atoms with Crippen molar-refractivity contribution in [2.75, 3.05) is 0 Å². The molecule has 0 unspecified atom stereocenters. The standard InChI is InChI=1S/C67H40N2S/c1-2-14-41(15-3-1)44-30-33-64-60(35-44)61-39-58-51-23-9-8-22-50(51)57-34-45(46-29-32-56-55-24-10-11-27-66(55)70-67(56)36-46)28-31-52(57)59(58)40-65(61)69(64)47-37-62(53-25-12-18-42-16-4-6-20-48(42)53)68-63(38-47)54-26-13-19-43-17-5-7-21-49(43)54/h1-40H.